The maximum absolute atomic E-state index is 12.4. The van der Waals surface area contributed by atoms with Crippen LogP contribution in [0.1, 0.15) is 27.0 Å². The number of nitrogens with zero attached hydrogens (tertiary/aromatic N) is 1. The number of carbonyl (C=O) groups excluding carboxylic acids is 2. The average Bonchev–Trinajstić information content (AvgIpc) is 2.81. The van der Waals surface area contributed by atoms with Gasteiger partial charge in [0.15, 0.2) is 18.1 Å². The first-order chi connectivity index (χ1) is 15.9. The number of aryl methyl sites for hydroxylation is 1. The molecule has 3 rings (SSSR count). The fourth-order valence-electron chi connectivity index (χ4n) is 2.98. The van der Waals surface area contributed by atoms with Crippen molar-refractivity contribution < 1.29 is 19.1 Å². The number of halogens is 1. The number of hydrogen-bond donors (Lipinski definition) is 2. The van der Waals surface area contributed by atoms with Gasteiger partial charge in [0.2, 0.25) is 0 Å². The van der Waals surface area contributed by atoms with Gasteiger partial charge in [-0.3, -0.25) is 9.59 Å². The van der Waals surface area contributed by atoms with Crippen molar-refractivity contribution in [2.45, 2.75) is 13.8 Å². The summed E-state index contributed by atoms with van der Waals surface area (Å²) in [5.41, 5.74) is 6.32. The molecule has 2 N–H and O–H groups in total. The first kappa shape index (κ1) is 23.8. The third kappa shape index (κ3) is 6.33. The second-order valence-corrected chi connectivity index (χ2v) is 7.59. The summed E-state index contributed by atoms with van der Waals surface area (Å²) in [4.78, 5) is 24.4. The van der Waals surface area contributed by atoms with Gasteiger partial charge in [-0.2, -0.15) is 5.10 Å². The lowest BCUT2D eigenvalue weighted by Crippen LogP contribution is -2.21. The molecule has 3 aromatic carbocycles. The Morgan fingerprint density at radius 1 is 1.06 bits per heavy atom. The molecular weight excluding hydrogens is 442 g/mol. The van der Waals surface area contributed by atoms with E-state index >= 15 is 0 Å². The lowest BCUT2D eigenvalue weighted by Gasteiger charge is -2.14. The molecule has 33 heavy (non-hydrogen) atoms. The Morgan fingerprint density at radius 3 is 2.55 bits per heavy atom. The Kier molecular flexibility index (Phi) is 8.05. The minimum Gasteiger partial charge on any atom is -0.493 e. The quantitative estimate of drug-likeness (QED) is 0.371. The van der Waals surface area contributed by atoms with Crippen molar-refractivity contribution in [3.63, 3.8) is 0 Å². The topological polar surface area (TPSA) is 89.0 Å². The van der Waals surface area contributed by atoms with E-state index in [-0.39, 0.29) is 29.2 Å². The van der Waals surface area contributed by atoms with Crippen molar-refractivity contribution >= 4 is 35.3 Å². The van der Waals surface area contributed by atoms with Gasteiger partial charge in [-0.1, -0.05) is 41.9 Å². The number of rotatable bonds is 8. The summed E-state index contributed by atoms with van der Waals surface area (Å²) in [7, 11) is 1.47. The third-order valence-electron chi connectivity index (χ3n) is 4.89. The van der Waals surface area contributed by atoms with Crippen LogP contribution in [0.2, 0.25) is 5.02 Å². The molecule has 0 aliphatic carbocycles. The van der Waals surface area contributed by atoms with Gasteiger partial charge in [0, 0.05) is 11.3 Å². The summed E-state index contributed by atoms with van der Waals surface area (Å²) in [6, 6.07) is 17.7. The molecule has 0 aromatic heterocycles. The molecule has 3 aromatic rings. The highest BCUT2D eigenvalue weighted by atomic mass is 35.5. The van der Waals surface area contributed by atoms with Crippen molar-refractivity contribution in [1.82, 2.24) is 5.43 Å². The number of methoxy groups -OCH3 is 1. The minimum absolute atomic E-state index is 0.237. The van der Waals surface area contributed by atoms with Crippen molar-refractivity contribution in [3.05, 3.63) is 87.9 Å². The molecule has 0 unspecified atom stereocenters. The summed E-state index contributed by atoms with van der Waals surface area (Å²) >= 11 is 6.35. The number of hydrogen-bond acceptors (Lipinski definition) is 5. The standard InChI is InChI=1S/C25H24ClN3O4/c1-16-8-7-11-21(17(16)2)28-23(30)15-33-24-20(26)12-18(13-22(24)32-3)14-27-29-25(31)19-9-5-4-6-10-19/h4-14H,15H2,1-3H3,(H,28,30)(H,29,31)/b27-14+. The van der Waals surface area contributed by atoms with Crippen molar-refractivity contribution in [1.29, 1.82) is 0 Å². The van der Waals surface area contributed by atoms with Crippen LogP contribution in [0, 0.1) is 13.8 Å². The van der Waals surface area contributed by atoms with Gasteiger partial charge in [-0.25, -0.2) is 5.43 Å². The number of ether oxygens (including phenoxy) is 2. The van der Waals surface area contributed by atoms with Crippen LogP contribution in [0.25, 0.3) is 0 Å². The van der Waals surface area contributed by atoms with Crippen LogP contribution in [-0.4, -0.2) is 31.7 Å². The van der Waals surface area contributed by atoms with Gasteiger partial charge < -0.3 is 14.8 Å². The average molecular weight is 466 g/mol. The number of amides is 2. The Morgan fingerprint density at radius 2 is 1.82 bits per heavy atom. The smallest absolute Gasteiger partial charge is 0.271 e. The van der Waals surface area contributed by atoms with Gasteiger partial charge >= 0.3 is 0 Å². The number of nitrogens with one attached hydrogen (secondary N) is 2. The minimum atomic E-state index is -0.334. The fourth-order valence-corrected chi connectivity index (χ4v) is 3.26. The van der Waals surface area contributed by atoms with Gasteiger partial charge in [-0.15, -0.1) is 0 Å². The van der Waals surface area contributed by atoms with Crippen LogP contribution in [0.4, 0.5) is 5.69 Å². The first-order valence-electron chi connectivity index (χ1n) is 10.1. The van der Waals surface area contributed by atoms with E-state index in [1.54, 1.807) is 36.4 Å². The highest BCUT2D eigenvalue weighted by Crippen LogP contribution is 2.36. The molecule has 0 radical (unpaired) electrons. The summed E-state index contributed by atoms with van der Waals surface area (Å²) in [6.07, 6.45) is 1.44. The SMILES string of the molecule is COc1cc(/C=N/NC(=O)c2ccccc2)cc(Cl)c1OCC(=O)Nc1cccc(C)c1C. The van der Waals surface area contributed by atoms with Crippen LogP contribution >= 0.6 is 11.6 Å². The van der Waals surface area contributed by atoms with E-state index in [4.69, 9.17) is 21.1 Å². The van der Waals surface area contributed by atoms with Crippen molar-refractivity contribution in [3.8, 4) is 11.5 Å². The van der Waals surface area contributed by atoms with Gasteiger partial charge in [-0.05, 0) is 60.9 Å². The predicted molar refractivity (Wildman–Crippen MR) is 130 cm³/mol. The van der Waals surface area contributed by atoms with E-state index in [0.717, 1.165) is 16.8 Å². The Balaban J connectivity index is 1.64. The molecule has 0 atom stereocenters. The number of carbonyl (C=O) groups is 2. The third-order valence-corrected chi connectivity index (χ3v) is 5.17. The molecule has 2 amide bonds. The highest BCUT2D eigenvalue weighted by molar-refractivity contribution is 6.32. The van der Waals surface area contributed by atoms with Crippen LogP contribution in [0.5, 0.6) is 11.5 Å². The molecule has 0 aliphatic rings. The highest BCUT2D eigenvalue weighted by Gasteiger charge is 2.14. The molecule has 0 saturated heterocycles. The largest absolute Gasteiger partial charge is 0.493 e. The van der Waals surface area contributed by atoms with E-state index in [2.05, 4.69) is 15.8 Å². The molecule has 170 valence electrons. The molecule has 7 nitrogen and oxygen atoms in total. The maximum atomic E-state index is 12.4. The molecule has 0 bridgehead atoms. The molecule has 0 aliphatic heterocycles. The Labute approximate surface area is 197 Å². The maximum Gasteiger partial charge on any atom is 0.271 e. The summed E-state index contributed by atoms with van der Waals surface area (Å²) in [6.45, 7) is 3.67. The van der Waals surface area contributed by atoms with Gasteiger partial charge in [0.05, 0.1) is 18.3 Å². The lowest BCUT2D eigenvalue weighted by molar-refractivity contribution is -0.118. The van der Waals surface area contributed by atoms with Crippen molar-refractivity contribution in [2.75, 3.05) is 19.0 Å². The zero-order chi connectivity index (χ0) is 23.8. The van der Waals surface area contributed by atoms with Gasteiger partial charge in [0.1, 0.15) is 0 Å². The monoisotopic (exact) mass is 465 g/mol. The predicted octanol–water partition coefficient (Wildman–Crippen LogP) is 4.75. The number of benzene rings is 3. The van der Waals surface area contributed by atoms with Crippen molar-refractivity contribution in [2.24, 2.45) is 5.10 Å². The fraction of sp³-hybridized carbons (Fsp3) is 0.160. The molecule has 0 saturated carbocycles. The molecule has 0 heterocycles. The van der Waals surface area contributed by atoms with Crippen LogP contribution in [-0.2, 0) is 4.79 Å². The van der Waals surface area contributed by atoms with E-state index in [1.165, 1.54) is 13.3 Å². The van der Waals surface area contributed by atoms with Crippen LogP contribution in [0.3, 0.4) is 0 Å². The van der Waals surface area contributed by atoms with Crippen LogP contribution < -0.4 is 20.2 Å². The second-order valence-electron chi connectivity index (χ2n) is 7.18. The van der Waals surface area contributed by atoms with E-state index in [1.807, 2.05) is 38.1 Å². The molecule has 8 heteroatoms. The molecule has 0 spiro atoms. The zero-order valence-corrected chi connectivity index (χ0v) is 19.3. The summed E-state index contributed by atoms with van der Waals surface area (Å²) in [5.74, 6) is -0.0885. The van der Waals surface area contributed by atoms with E-state index in [9.17, 15) is 9.59 Å². The summed E-state index contributed by atoms with van der Waals surface area (Å²) < 4.78 is 11.0. The molecule has 0 fully saturated rings. The number of hydrazone groups is 1. The lowest BCUT2D eigenvalue weighted by atomic mass is 10.1. The van der Waals surface area contributed by atoms with Gasteiger partial charge in [0.25, 0.3) is 11.8 Å². The Bertz CT molecular complexity index is 1180. The van der Waals surface area contributed by atoms with Crippen LogP contribution in [0.15, 0.2) is 65.8 Å². The van der Waals surface area contributed by atoms with E-state index < -0.39 is 0 Å². The second kappa shape index (κ2) is 11.2. The normalized spacial score (nSPS) is 10.7. The Hall–Kier alpha value is -3.84. The number of anilines is 1. The first-order valence-corrected chi connectivity index (χ1v) is 10.5. The summed E-state index contributed by atoms with van der Waals surface area (Å²) in [5, 5.41) is 7.03. The zero-order valence-electron chi connectivity index (χ0n) is 18.5. The molecular formula is C25H24ClN3O4. The van der Waals surface area contributed by atoms with E-state index in [0.29, 0.717) is 16.9 Å².